The van der Waals surface area contributed by atoms with Crippen LogP contribution >= 0.6 is 11.6 Å². The maximum atomic E-state index is 11.9. The number of carbonyl (C=O) groups is 2. The predicted octanol–water partition coefficient (Wildman–Crippen LogP) is 3.33. The zero-order valence-electron chi connectivity index (χ0n) is 15.0. The Bertz CT molecular complexity index is 779. The molecule has 1 aliphatic carbocycles. The van der Waals surface area contributed by atoms with Gasteiger partial charge >= 0.3 is 12.1 Å². The number of halogens is 1. The topological polar surface area (TPSA) is 103 Å². The van der Waals surface area contributed by atoms with Crippen LogP contribution in [0.15, 0.2) is 18.2 Å². The van der Waals surface area contributed by atoms with Crippen LogP contribution in [0.2, 0.25) is 5.02 Å². The number of hydrogen-bond acceptors (Lipinski definition) is 5. The van der Waals surface area contributed by atoms with Crippen molar-refractivity contribution in [2.75, 3.05) is 19.0 Å². The van der Waals surface area contributed by atoms with Gasteiger partial charge < -0.3 is 15.2 Å². The molecule has 1 saturated carbocycles. The molecular formula is C19H22ClN3O4. The zero-order chi connectivity index (χ0) is 19.6. The first-order valence-corrected chi connectivity index (χ1v) is 9.35. The molecule has 8 heteroatoms. The van der Waals surface area contributed by atoms with Crippen molar-refractivity contribution < 1.29 is 19.4 Å². The fourth-order valence-electron chi connectivity index (χ4n) is 4.31. The van der Waals surface area contributed by atoms with Crippen molar-refractivity contribution in [1.82, 2.24) is 4.90 Å². The van der Waals surface area contributed by atoms with E-state index in [1.807, 2.05) is 6.07 Å². The van der Waals surface area contributed by atoms with Crippen molar-refractivity contribution >= 4 is 29.4 Å². The largest absolute Gasteiger partial charge is 0.480 e. The van der Waals surface area contributed by atoms with Crippen LogP contribution in [0.4, 0.5) is 10.5 Å². The second kappa shape index (κ2) is 8.05. The molecule has 1 aromatic carbocycles. The minimum absolute atomic E-state index is 0.135. The third-order valence-corrected chi connectivity index (χ3v) is 5.97. The van der Waals surface area contributed by atoms with Crippen molar-refractivity contribution in [3.63, 3.8) is 0 Å². The van der Waals surface area contributed by atoms with Gasteiger partial charge in [-0.2, -0.15) is 5.26 Å². The molecule has 1 aliphatic heterocycles. The lowest BCUT2D eigenvalue weighted by atomic mass is 9.71. The van der Waals surface area contributed by atoms with Crippen LogP contribution in [-0.2, 0) is 9.53 Å². The molecule has 0 radical (unpaired) electrons. The quantitative estimate of drug-likeness (QED) is 0.819. The predicted molar refractivity (Wildman–Crippen MR) is 99.6 cm³/mol. The number of amides is 1. The van der Waals surface area contributed by atoms with Crippen LogP contribution in [0, 0.1) is 23.2 Å². The van der Waals surface area contributed by atoms with Crippen LogP contribution < -0.4 is 5.32 Å². The number of nitrogens with one attached hydrogen (secondary N) is 1. The Balaban J connectivity index is 1.71. The van der Waals surface area contributed by atoms with Crippen LogP contribution in [-0.4, -0.2) is 47.8 Å². The van der Waals surface area contributed by atoms with E-state index in [0.717, 1.165) is 19.3 Å². The molecule has 3 rings (SSSR count). The van der Waals surface area contributed by atoms with Crippen LogP contribution in [0.3, 0.4) is 0 Å². The highest BCUT2D eigenvalue weighted by molar-refractivity contribution is 6.32. The van der Waals surface area contributed by atoms with Crippen LogP contribution in [0.5, 0.6) is 0 Å². The third-order valence-electron chi connectivity index (χ3n) is 5.65. The summed E-state index contributed by atoms with van der Waals surface area (Å²) in [7, 11) is 1.27. The Hall–Kier alpha value is -2.46. The van der Waals surface area contributed by atoms with Gasteiger partial charge in [0.25, 0.3) is 0 Å². The van der Waals surface area contributed by atoms with Gasteiger partial charge in [0.05, 0.1) is 23.4 Å². The molecule has 1 aromatic rings. The molecule has 4 unspecified atom stereocenters. The smallest absolute Gasteiger partial charge is 0.410 e. The van der Waals surface area contributed by atoms with Crippen LogP contribution in [0.1, 0.15) is 31.2 Å². The summed E-state index contributed by atoms with van der Waals surface area (Å²) in [5.41, 5.74) is 1.13. The van der Waals surface area contributed by atoms with Crippen molar-refractivity contribution in [3.8, 4) is 6.07 Å². The molecule has 1 saturated heterocycles. The highest BCUT2D eigenvalue weighted by atomic mass is 35.5. The van der Waals surface area contributed by atoms with E-state index >= 15 is 0 Å². The van der Waals surface area contributed by atoms with E-state index in [4.69, 9.17) is 16.3 Å². The van der Waals surface area contributed by atoms with Gasteiger partial charge in [0.1, 0.15) is 12.1 Å². The molecule has 2 fully saturated rings. The Morgan fingerprint density at radius 1 is 1.33 bits per heavy atom. The fourth-order valence-corrected chi connectivity index (χ4v) is 4.53. The second-order valence-corrected chi connectivity index (χ2v) is 7.57. The molecule has 1 heterocycles. The third kappa shape index (κ3) is 3.96. The number of carbonyl (C=O) groups excluding carboxylic acids is 1. The van der Waals surface area contributed by atoms with Crippen molar-refractivity contribution in [3.05, 3.63) is 28.8 Å². The minimum atomic E-state index is -1.00. The number of nitrogens with zero attached hydrogens (tertiary/aromatic N) is 2. The molecule has 27 heavy (non-hydrogen) atoms. The number of likely N-dealkylation sites (tertiary alicyclic amines) is 1. The second-order valence-electron chi connectivity index (χ2n) is 7.16. The number of piperidine rings is 1. The SMILES string of the molecule is COC(=O)N1CC2CCC(Nc3cccc(Cl)c3C#N)CC2CC1C(=O)O. The van der Waals surface area contributed by atoms with Gasteiger partial charge in [0.15, 0.2) is 0 Å². The molecule has 0 aromatic heterocycles. The number of ether oxygens (including phenoxy) is 1. The number of methoxy groups -OCH3 is 1. The average molecular weight is 392 g/mol. The summed E-state index contributed by atoms with van der Waals surface area (Å²) in [6, 6.07) is 6.71. The van der Waals surface area contributed by atoms with Gasteiger partial charge in [0.2, 0.25) is 0 Å². The number of aliphatic carboxylic acids is 1. The molecule has 0 spiro atoms. The van der Waals surface area contributed by atoms with Gasteiger partial charge in [-0.25, -0.2) is 9.59 Å². The summed E-state index contributed by atoms with van der Waals surface area (Å²) in [6.45, 7) is 0.404. The Morgan fingerprint density at radius 2 is 2.11 bits per heavy atom. The van der Waals surface area contributed by atoms with Gasteiger partial charge in [0, 0.05) is 12.6 Å². The first-order valence-electron chi connectivity index (χ1n) is 8.97. The minimum Gasteiger partial charge on any atom is -0.480 e. The molecule has 1 amide bonds. The average Bonchev–Trinajstić information content (AvgIpc) is 2.66. The lowest BCUT2D eigenvalue weighted by Crippen LogP contribution is -2.55. The van der Waals surface area contributed by atoms with Crippen molar-refractivity contribution in [2.24, 2.45) is 11.8 Å². The lowest BCUT2D eigenvalue weighted by molar-refractivity contribution is -0.146. The fraction of sp³-hybridized carbons (Fsp3) is 0.526. The summed E-state index contributed by atoms with van der Waals surface area (Å²) in [4.78, 5) is 24.9. The van der Waals surface area contributed by atoms with E-state index in [-0.39, 0.29) is 17.9 Å². The van der Waals surface area contributed by atoms with E-state index in [2.05, 4.69) is 11.4 Å². The first kappa shape index (κ1) is 19.3. The molecule has 2 N–H and O–H groups in total. The highest BCUT2D eigenvalue weighted by Crippen LogP contribution is 2.40. The maximum Gasteiger partial charge on any atom is 0.410 e. The summed E-state index contributed by atoms with van der Waals surface area (Å²) in [6.07, 6.45) is 2.38. The number of rotatable bonds is 3. The Labute approximate surface area is 162 Å². The summed E-state index contributed by atoms with van der Waals surface area (Å²) in [5.74, 6) is -0.550. The van der Waals surface area contributed by atoms with Gasteiger partial charge in [-0.1, -0.05) is 17.7 Å². The van der Waals surface area contributed by atoms with E-state index < -0.39 is 18.1 Å². The van der Waals surface area contributed by atoms with Crippen molar-refractivity contribution in [2.45, 2.75) is 37.8 Å². The van der Waals surface area contributed by atoms with E-state index in [9.17, 15) is 20.0 Å². The summed E-state index contributed by atoms with van der Waals surface area (Å²) >= 11 is 6.09. The number of benzene rings is 1. The Morgan fingerprint density at radius 3 is 2.78 bits per heavy atom. The monoisotopic (exact) mass is 391 g/mol. The van der Waals surface area contributed by atoms with Gasteiger partial charge in [-0.05, 0) is 49.7 Å². The lowest BCUT2D eigenvalue weighted by Gasteiger charge is -2.46. The molecule has 7 nitrogen and oxygen atoms in total. The molecule has 0 bridgehead atoms. The molecule has 2 aliphatic rings. The number of carboxylic acid groups (broad SMARTS) is 1. The van der Waals surface area contributed by atoms with E-state index in [0.29, 0.717) is 29.2 Å². The molecule has 4 atom stereocenters. The van der Waals surface area contributed by atoms with Crippen molar-refractivity contribution in [1.29, 1.82) is 5.26 Å². The normalized spacial score (nSPS) is 27.2. The molecule has 144 valence electrons. The zero-order valence-corrected chi connectivity index (χ0v) is 15.8. The van der Waals surface area contributed by atoms with E-state index in [1.165, 1.54) is 12.0 Å². The number of hydrogen-bond donors (Lipinski definition) is 2. The van der Waals surface area contributed by atoms with Gasteiger partial charge in [-0.15, -0.1) is 0 Å². The summed E-state index contributed by atoms with van der Waals surface area (Å²) < 4.78 is 4.75. The number of nitriles is 1. The standard InChI is InChI=1S/C19H22ClN3O4/c1-27-19(26)23-10-11-5-6-13(7-12(11)8-17(23)18(24)25)22-16-4-2-3-15(20)14(16)9-21/h2-4,11-13,17,22H,5-8,10H2,1H3,(H,24,25). The summed E-state index contributed by atoms with van der Waals surface area (Å²) in [5, 5.41) is 22.7. The number of anilines is 1. The Kier molecular flexibility index (Phi) is 5.76. The number of carboxylic acids is 1. The number of fused-ring (bicyclic) bond motifs is 1. The molecular weight excluding hydrogens is 370 g/mol. The van der Waals surface area contributed by atoms with Gasteiger partial charge in [-0.3, -0.25) is 4.90 Å². The van der Waals surface area contributed by atoms with E-state index in [1.54, 1.807) is 12.1 Å². The maximum absolute atomic E-state index is 11.9. The highest BCUT2D eigenvalue weighted by Gasteiger charge is 2.44. The first-order chi connectivity index (χ1) is 12.9. The van der Waals surface area contributed by atoms with Crippen LogP contribution in [0.25, 0.3) is 0 Å².